The zero-order valence-electron chi connectivity index (χ0n) is 12.3. The van der Waals surface area contributed by atoms with E-state index < -0.39 is 23.7 Å². The average Bonchev–Trinajstić information content (AvgIpc) is 2.32. The van der Waals surface area contributed by atoms with Gasteiger partial charge in [0.05, 0.1) is 0 Å². The maximum atomic E-state index is 12.8. The fraction of sp³-hybridized carbons (Fsp3) is 0.846. The standard InChI is InChI=1S/C13H21F3N2O3/c1-7-4-5-9(6-8(7)2)17-11(21)18-12(3,10(19)20)13(14,15)16/h7-9H,4-6H2,1-3H3,(H,19,20)(H2,17,18,21). The zero-order valence-corrected chi connectivity index (χ0v) is 12.3. The van der Waals surface area contributed by atoms with Crippen molar-refractivity contribution in [3.8, 4) is 0 Å². The third-order valence-electron chi connectivity index (χ3n) is 4.29. The van der Waals surface area contributed by atoms with Crippen molar-refractivity contribution in [2.45, 2.75) is 57.8 Å². The van der Waals surface area contributed by atoms with Crippen molar-refractivity contribution in [3.63, 3.8) is 0 Å². The van der Waals surface area contributed by atoms with Gasteiger partial charge in [-0.3, -0.25) is 0 Å². The van der Waals surface area contributed by atoms with Gasteiger partial charge >= 0.3 is 18.2 Å². The van der Waals surface area contributed by atoms with Crippen molar-refractivity contribution in [3.05, 3.63) is 0 Å². The molecule has 0 aromatic heterocycles. The Morgan fingerprint density at radius 3 is 2.14 bits per heavy atom. The van der Waals surface area contributed by atoms with Gasteiger partial charge in [-0.15, -0.1) is 0 Å². The van der Waals surface area contributed by atoms with Gasteiger partial charge in [-0.25, -0.2) is 9.59 Å². The number of hydrogen-bond acceptors (Lipinski definition) is 2. The van der Waals surface area contributed by atoms with Gasteiger partial charge in [0.25, 0.3) is 0 Å². The molecule has 0 aromatic rings. The second-order valence-corrected chi connectivity index (χ2v) is 5.99. The highest BCUT2D eigenvalue weighted by Gasteiger charge is 2.58. The van der Waals surface area contributed by atoms with Crippen molar-refractivity contribution in [2.24, 2.45) is 11.8 Å². The number of aliphatic carboxylic acids is 1. The van der Waals surface area contributed by atoms with Crippen LogP contribution >= 0.6 is 0 Å². The van der Waals surface area contributed by atoms with Crippen molar-refractivity contribution in [1.29, 1.82) is 0 Å². The zero-order chi connectivity index (χ0) is 16.4. The van der Waals surface area contributed by atoms with E-state index in [1.807, 2.05) is 6.92 Å². The van der Waals surface area contributed by atoms with Crippen LogP contribution in [0.4, 0.5) is 18.0 Å². The molecule has 0 bridgehead atoms. The van der Waals surface area contributed by atoms with E-state index in [1.54, 1.807) is 0 Å². The molecular formula is C13H21F3N2O3. The maximum absolute atomic E-state index is 12.8. The highest BCUT2D eigenvalue weighted by atomic mass is 19.4. The summed E-state index contributed by atoms with van der Waals surface area (Å²) < 4.78 is 38.4. The minimum atomic E-state index is -5.08. The topological polar surface area (TPSA) is 78.4 Å². The summed E-state index contributed by atoms with van der Waals surface area (Å²) in [6.07, 6.45) is -2.86. The van der Waals surface area contributed by atoms with Crippen molar-refractivity contribution in [1.82, 2.24) is 10.6 Å². The summed E-state index contributed by atoms with van der Waals surface area (Å²) in [4.78, 5) is 22.5. The number of rotatable bonds is 3. The fourth-order valence-electron chi connectivity index (χ4n) is 2.37. The van der Waals surface area contributed by atoms with Gasteiger partial charge in [-0.2, -0.15) is 13.2 Å². The number of amides is 2. The molecule has 0 saturated heterocycles. The third-order valence-corrected chi connectivity index (χ3v) is 4.29. The van der Waals surface area contributed by atoms with Crippen LogP contribution < -0.4 is 10.6 Å². The van der Waals surface area contributed by atoms with Crippen LogP contribution in [0.25, 0.3) is 0 Å². The number of urea groups is 1. The molecule has 0 heterocycles. The second-order valence-electron chi connectivity index (χ2n) is 5.99. The second kappa shape index (κ2) is 6.11. The molecule has 1 aliphatic rings. The Kier molecular flexibility index (Phi) is 5.11. The minimum Gasteiger partial charge on any atom is -0.479 e. The Morgan fingerprint density at radius 1 is 1.14 bits per heavy atom. The molecule has 1 saturated carbocycles. The lowest BCUT2D eigenvalue weighted by Gasteiger charge is -2.34. The van der Waals surface area contributed by atoms with E-state index in [-0.39, 0.29) is 6.04 Å². The molecule has 0 spiro atoms. The predicted molar refractivity (Wildman–Crippen MR) is 69.7 cm³/mol. The van der Waals surface area contributed by atoms with Crippen molar-refractivity contribution in [2.75, 3.05) is 0 Å². The lowest BCUT2D eigenvalue weighted by Crippen LogP contribution is -2.64. The van der Waals surface area contributed by atoms with Gasteiger partial charge in [0.2, 0.25) is 5.54 Å². The summed E-state index contributed by atoms with van der Waals surface area (Å²) >= 11 is 0. The highest BCUT2D eigenvalue weighted by Crippen LogP contribution is 2.31. The molecule has 4 unspecified atom stereocenters. The molecule has 2 amide bonds. The van der Waals surface area contributed by atoms with Crippen LogP contribution in [0.5, 0.6) is 0 Å². The number of carboxylic acid groups (broad SMARTS) is 1. The van der Waals surface area contributed by atoms with Gasteiger partial charge < -0.3 is 15.7 Å². The highest BCUT2D eigenvalue weighted by molar-refractivity contribution is 5.86. The van der Waals surface area contributed by atoms with Crippen LogP contribution in [-0.2, 0) is 4.79 Å². The van der Waals surface area contributed by atoms with Gasteiger partial charge in [0.1, 0.15) is 0 Å². The SMILES string of the molecule is CC1CCC(NC(=O)NC(C)(C(=O)O)C(F)(F)F)CC1C. The molecule has 5 nitrogen and oxygen atoms in total. The Bertz CT molecular complexity index is 414. The molecule has 0 aliphatic heterocycles. The van der Waals surface area contributed by atoms with Gasteiger partial charge in [-0.05, 0) is 38.0 Å². The average molecular weight is 310 g/mol. The van der Waals surface area contributed by atoms with Gasteiger partial charge in [0, 0.05) is 6.04 Å². The van der Waals surface area contributed by atoms with Crippen molar-refractivity contribution >= 4 is 12.0 Å². The molecule has 1 aliphatic carbocycles. The van der Waals surface area contributed by atoms with Crippen molar-refractivity contribution < 1.29 is 27.9 Å². The summed E-state index contributed by atoms with van der Waals surface area (Å²) in [5, 5.41) is 12.7. The van der Waals surface area contributed by atoms with E-state index in [0.717, 1.165) is 6.42 Å². The Labute approximate surface area is 121 Å². The molecule has 3 N–H and O–H groups in total. The van der Waals surface area contributed by atoms with Crippen LogP contribution in [0.1, 0.15) is 40.0 Å². The Hall–Kier alpha value is -1.47. The number of carbonyl (C=O) groups excluding carboxylic acids is 1. The van der Waals surface area contributed by atoms with Crippen LogP contribution in [0.15, 0.2) is 0 Å². The molecule has 0 aromatic carbocycles. The molecule has 1 rings (SSSR count). The molecular weight excluding hydrogens is 289 g/mol. The predicted octanol–water partition coefficient (Wildman–Crippen LogP) is 2.52. The molecule has 21 heavy (non-hydrogen) atoms. The summed E-state index contributed by atoms with van der Waals surface area (Å²) in [6, 6.07) is -1.34. The normalized spacial score (nSPS) is 29.3. The summed E-state index contributed by atoms with van der Waals surface area (Å²) in [5.41, 5.74) is -3.30. The van der Waals surface area contributed by atoms with E-state index in [2.05, 4.69) is 12.2 Å². The van der Waals surface area contributed by atoms with E-state index in [0.29, 0.717) is 31.6 Å². The molecule has 8 heteroatoms. The summed E-state index contributed by atoms with van der Waals surface area (Å²) in [5.74, 6) is -1.28. The number of carboxylic acids is 1. The van der Waals surface area contributed by atoms with Crippen LogP contribution in [-0.4, -0.2) is 34.9 Å². The number of carbonyl (C=O) groups is 2. The number of alkyl halides is 3. The molecule has 0 radical (unpaired) electrons. The monoisotopic (exact) mass is 310 g/mol. The third kappa shape index (κ3) is 4.01. The number of hydrogen-bond donors (Lipinski definition) is 3. The first-order valence-corrected chi connectivity index (χ1v) is 6.86. The first kappa shape index (κ1) is 17.6. The Morgan fingerprint density at radius 2 is 1.71 bits per heavy atom. The first-order valence-electron chi connectivity index (χ1n) is 6.86. The lowest BCUT2D eigenvalue weighted by molar-refractivity contribution is -0.203. The minimum absolute atomic E-state index is 0.234. The fourth-order valence-corrected chi connectivity index (χ4v) is 2.37. The maximum Gasteiger partial charge on any atom is 0.422 e. The number of nitrogens with one attached hydrogen (secondary N) is 2. The van der Waals surface area contributed by atoms with Gasteiger partial charge in [0.15, 0.2) is 0 Å². The molecule has 4 atom stereocenters. The van der Waals surface area contributed by atoms with Gasteiger partial charge in [-0.1, -0.05) is 13.8 Å². The largest absolute Gasteiger partial charge is 0.479 e. The first-order chi connectivity index (χ1) is 9.47. The van der Waals surface area contributed by atoms with E-state index >= 15 is 0 Å². The van der Waals surface area contributed by atoms with E-state index in [9.17, 15) is 22.8 Å². The quantitative estimate of drug-likeness (QED) is 0.749. The number of halogens is 3. The smallest absolute Gasteiger partial charge is 0.422 e. The van der Waals surface area contributed by atoms with Crippen LogP contribution in [0.3, 0.4) is 0 Å². The Balaban J connectivity index is 2.66. The van der Waals surface area contributed by atoms with E-state index in [4.69, 9.17) is 5.11 Å². The van der Waals surface area contributed by atoms with Crippen LogP contribution in [0.2, 0.25) is 0 Å². The van der Waals surface area contributed by atoms with E-state index in [1.165, 1.54) is 5.32 Å². The van der Waals surface area contributed by atoms with Crippen LogP contribution in [0, 0.1) is 11.8 Å². The molecule has 1 fully saturated rings. The lowest BCUT2D eigenvalue weighted by atomic mass is 9.79. The summed E-state index contributed by atoms with van der Waals surface area (Å²) in [7, 11) is 0. The summed E-state index contributed by atoms with van der Waals surface area (Å²) in [6.45, 7) is 4.54. The molecule has 122 valence electrons.